The van der Waals surface area contributed by atoms with Crippen LogP contribution in [-0.2, 0) is 6.54 Å². The molecule has 158 valence electrons. The molecule has 1 fully saturated rings. The average Bonchev–Trinajstić information content (AvgIpc) is 3.31. The van der Waals surface area contributed by atoms with E-state index >= 15 is 0 Å². The lowest BCUT2D eigenvalue weighted by molar-refractivity contribution is -0.274. The molecule has 0 saturated carbocycles. The summed E-state index contributed by atoms with van der Waals surface area (Å²) in [5.41, 5.74) is 8.82. The van der Waals surface area contributed by atoms with Crippen molar-refractivity contribution in [3.8, 4) is 5.75 Å². The fourth-order valence-corrected chi connectivity index (χ4v) is 3.77. The van der Waals surface area contributed by atoms with E-state index in [-0.39, 0.29) is 29.4 Å². The lowest BCUT2D eigenvalue weighted by Crippen LogP contribution is -2.44. The molecule has 1 amide bonds. The first-order valence-electron chi connectivity index (χ1n) is 9.60. The lowest BCUT2D eigenvalue weighted by atomic mass is 10.1. The van der Waals surface area contributed by atoms with Gasteiger partial charge in [-0.25, -0.2) is 10.9 Å². The van der Waals surface area contributed by atoms with Gasteiger partial charge in [0.05, 0.1) is 12.2 Å². The van der Waals surface area contributed by atoms with E-state index in [4.69, 9.17) is 0 Å². The predicted octanol–water partition coefficient (Wildman–Crippen LogP) is 3.85. The van der Waals surface area contributed by atoms with Crippen LogP contribution in [0.2, 0.25) is 0 Å². The van der Waals surface area contributed by atoms with E-state index in [9.17, 15) is 18.0 Å². The van der Waals surface area contributed by atoms with Crippen LogP contribution in [0.25, 0.3) is 10.9 Å². The quantitative estimate of drug-likeness (QED) is 0.589. The van der Waals surface area contributed by atoms with Crippen LogP contribution in [0.4, 0.5) is 13.2 Å². The maximum Gasteiger partial charge on any atom is 0.573 e. The van der Waals surface area contributed by atoms with Crippen LogP contribution < -0.4 is 20.9 Å². The Morgan fingerprint density at radius 3 is 2.60 bits per heavy atom. The monoisotopic (exact) mass is 418 g/mol. The van der Waals surface area contributed by atoms with Gasteiger partial charge in [0.25, 0.3) is 5.91 Å². The molecule has 2 aromatic carbocycles. The second-order valence-corrected chi connectivity index (χ2v) is 7.05. The Kier molecular flexibility index (Phi) is 5.40. The van der Waals surface area contributed by atoms with E-state index in [1.807, 2.05) is 12.1 Å². The second kappa shape index (κ2) is 8.00. The molecule has 9 heteroatoms. The number of nitrogens with zero attached hydrogens (tertiary/aromatic N) is 1. The van der Waals surface area contributed by atoms with E-state index in [2.05, 4.69) is 50.6 Å². The molecule has 1 saturated heterocycles. The molecule has 6 nitrogen and oxygen atoms in total. The number of carbonyl (C=O) groups excluding carboxylic acids is 1. The number of para-hydroxylation sites is 1. The van der Waals surface area contributed by atoms with Crippen molar-refractivity contribution in [3.05, 3.63) is 65.9 Å². The van der Waals surface area contributed by atoms with Gasteiger partial charge in [-0.2, -0.15) is 0 Å². The highest BCUT2D eigenvalue weighted by Gasteiger charge is 2.31. The molecule has 3 aromatic rings. The van der Waals surface area contributed by atoms with Crippen LogP contribution in [0.15, 0.2) is 54.6 Å². The number of hydrazine groups is 1. The highest BCUT2D eigenvalue weighted by Crippen LogP contribution is 2.28. The molecular formula is C21H21F3N4O2. The molecule has 2 heterocycles. The summed E-state index contributed by atoms with van der Waals surface area (Å²) >= 11 is 0. The maximum atomic E-state index is 12.5. The summed E-state index contributed by atoms with van der Waals surface area (Å²) in [6.45, 7) is 2.91. The van der Waals surface area contributed by atoms with Crippen molar-refractivity contribution >= 4 is 16.8 Å². The van der Waals surface area contributed by atoms with E-state index in [0.717, 1.165) is 35.3 Å². The second-order valence-electron chi connectivity index (χ2n) is 7.05. The van der Waals surface area contributed by atoms with Crippen LogP contribution >= 0.6 is 0 Å². The van der Waals surface area contributed by atoms with Gasteiger partial charge in [-0.3, -0.25) is 4.79 Å². The summed E-state index contributed by atoms with van der Waals surface area (Å²) in [4.78, 5) is 12.5. The van der Waals surface area contributed by atoms with Gasteiger partial charge in [0, 0.05) is 29.7 Å². The zero-order valence-corrected chi connectivity index (χ0v) is 16.2. The number of carbonyl (C=O) groups is 1. The molecule has 4 rings (SSSR count). The fourth-order valence-electron chi connectivity index (χ4n) is 3.77. The van der Waals surface area contributed by atoms with Crippen molar-refractivity contribution in [3.63, 3.8) is 0 Å². The summed E-state index contributed by atoms with van der Waals surface area (Å²) in [6.07, 6.45) is -4.46. The minimum Gasteiger partial charge on any atom is -0.406 e. The molecule has 1 aromatic heterocycles. The van der Waals surface area contributed by atoms with Crippen LogP contribution in [-0.4, -0.2) is 23.0 Å². The van der Waals surface area contributed by atoms with Gasteiger partial charge in [0.1, 0.15) is 5.75 Å². The number of hydrogen-bond acceptors (Lipinski definition) is 4. The first-order chi connectivity index (χ1) is 14.3. The van der Waals surface area contributed by atoms with Crippen molar-refractivity contribution in [2.24, 2.45) is 0 Å². The normalized spacial score (nSPS) is 19.2. The number of ether oxygens (including phenoxy) is 1. The zero-order chi connectivity index (χ0) is 21.3. The third-order valence-corrected chi connectivity index (χ3v) is 5.07. The largest absolute Gasteiger partial charge is 0.573 e. The van der Waals surface area contributed by atoms with Gasteiger partial charge in [0.2, 0.25) is 0 Å². The van der Waals surface area contributed by atoms with Crippen molar-refractivity contribution in [2.75, 3.05) is 0 Å². The molecule has 0 aliphatic carbocycles. The topological polar surface area (TPSA) is 67.3 Å². The molecule has 0 spiro atoms. The number of fused-ring (bicyclic) bond motifs is 1. The van der Waals surface area contributed by atoms with Crippen molar-refractivity contribution in [2.45, 2.75) is 38.5 Å². The van der Waals surface area contributed by atoms with Gasteiger partial charge in [-0.1, -0.05) is 18.2 Å². The Hall–Kier alpha value is -3.04. The smallest absolute Gasteiger partial charge is 0.406 e. The van der Waals surface area contributed by atoms with Crippen LogP contribution in [0.3, 0.4) is 0 Å². The number of benzene rings is 2. The van der Waals surface area contributed by atoms with Crippen LogP contribution in [0, 0.1) is 0 Å². The van der Waals surface area contributed by atoms with Crippen molar-refractivity contribution in [1.82, 2.24) is 20.7 Å². The van der Waals surface area contributed by atoms with Gasteiger partial charge in [-0.05, 0) is 48.7 Å². The Labute approximate surface area is 171 Å². The Morgan fingerprint density at radius 1 is 1.17 bits per heavy atom. The fraction of sp³-hybridized carbons (Fsp3) is 0.286. The SMILES string of the molecule is CCn1c(C2CC(NC(=O)c3ccc(OC(F)(F)F)cc3)NN2)cc2ccccc21. The zero-order valence-electron chi connectivity index (χ0n) is 16.2. The Morgan fingerprint density at radius 2 is 1.90 bits per heavy atom. The van der Waals surface area contributed by atoms with Crippen molar-refractivity contribution in [1.29, 1.82) is 0 Å². The molecular weight excluding hydrogens is 397 g/mol. The summed E-state index contributed by atoms with van der Waals surface area (Å²) < 4.78 is 42.8. The number of hydrogen-bond donors (Lipinski definition) is 3. The third kappa shape index (κ3) is 4.27. The molecule has 2 unspecified atom stereocenters. The predicted molar refractivity (Wildman–Crippen MR) is 106 cm³/mol. The lowest BCUT2D eigenvalue weighted by Gasteiger charge is -2.14. The number of aromatic nitrogens is 1. The van der Waals surface area contributed by atoms with E-state index in [0.29, 0.717) is 6.42 Å². The van der Waals surface area contributed by atoms with Gasteiger partial charge >= 0.3 is 6.36 Å². The molecule has 0 radical (unpaired) electrons. The number of halogens is 3. The van der Waals surface area contributed by atoms with Gasteiger partial charge in [-0.15, -0.1) is 13.2 Å². The van der Waals surface area contributed by atoms with Gasteiger partial charge in [0.15, 0.2) is 0 Å². The van der Waals surface area contributed by atoms with Gasteiger partial charge < -0.3 is 14.6 Å². The maximum absolute atomic E-state index is 12.5. The first kappa shape index (κ1) is 20.2. The number of amides is 1. The Bertz CT molecular complexity index is 1050. The van der Waals surface area contributed by atoms with Crippen molar-refractivity contribution < 1.29 is 22.7 Å². The summed E-state index contributed by atoms with van der Waals surface area (Å²) in [7, 11) is 0. The van der Waals surface area contributed by atoms with E-state index in [1.54, 1.807) is 0 Å². The number of rotatable bonds is 5. The minimum absolute atomic E-state index is 0.00483. The standard InChI is InChI=1S/C21H21F3N4O2/c1-2-28-17-6-4-3-5-14(17)11-18(28)16-12-19(27-26-16)25-20(29)13-7-9-15(10-8-13)30-21(22,23)24/h3-11,16,19,26-27H,2,12H2,1H3,(H,25,29). The summed E-state index contributed by atoms with van der Waals surface area (Å²) in [5, 5.41) is 4.01. The highest BCUT2D eigenvalue weighted by atomic mass is 19.4. The van der Waals surface area contributed by atoms with Crippen LogP contribution in [0.1, 0.15) is 35.4 Å². The first-order valence-corrected chi connectivity index (χ1v) is 9.60. The Balaban J connectivity index is 1.41. The molecule has 0 bridgehead atoms. The average molecular weight is 418 g/mol. The molecule has 3 N–H and O–H groups in total. The minimum atomic E-state index is -4.76. The van der Waals surface area contributed by atoms with Crippen LogP contribution in [0.5, 0.6) is 5.75 Å². The molecule has 1 aliphatic heterocycles. The number of aryl methyl sites for hydroxylation is 1. The van der Waals surface area contributed by atoms with E-state index in [1.165, 1.54) is 12.1 Å². The summed E-state index contributed by atoms with van der Waals surface area (Å²) in [6, 6.07) is 15.1. The van der Waals surface area contributed by atoms with E-state index < -0.39 is 6.36 Å². The number of alkyl halides is 3. The highest BCUT2D eigenvalue weighted by molar-refractivity contribution is 5.94. The molecule has 1 aliphatic rings. The summed E-state index contributed by atoms with van der Waals surface area (Å²) in [5.74, 6) is -0.753. The third-order valence-electron chi connectivity index (χ3n) is 5.07. The molecule has 30 heavy (non-hydrogen) atoms. The number of nitrogens with one attached hydrogen (secondary N) is 3. The molecule has 2 atom stereocenters.